The maximum atomic E-state index is 12.8. The van der Waals surface area contributed by atoms with Crippen LogP contribution in [-0.2, 0) is 14.8 Å². The fraction of sp³-hybridized carbons (Fsp3) is 0.316. The van der Waals surface area contributed by atoms with Crippen LogP contribution in [0.2, 0.25) is 0 Å². The molecule has 3 rings (SSSR count). The molecule has 2 aromatic carbocycles. The number of anilines is 1. The van der Waals surface area contributed by atoms with E-state index in [1.54, 1.807) is 19.1 Å². The third-order valence-corrected chi connectivity index (χ3v) is 6.11. The minimum atomic E-state index is -3.68. The number of amides is 1. The number of aryl methyl sites for hydroxylation is 1. The molecule has 0 bridgehead atoms. The molecule has 2 N–H and O–H groups in total. The highest BCUT2D eigenvalue weighted by Crippen LogP contribution is 2.34. The molecule has 0 saturated carbocycles. The smallest absolute Gasteiger partial charge is 0.241 e. The zero-order valence-electron chi connectivity index (χ0n) is 14.5. The van der Waals surface area contributed by atoms with Crippen molar-refractivity contribution in [2.24, 2.45) is 0 Å². The summed E-state index contributed by atoms with van der Waals surface area (Å²) in [5.41, 5.74) is 3.47. The van der Waals surface area contributed by atoms with Gasteiger partial charge in [-0.2, -0.15) is 0 Å². The van der Waals surface area contributed by atoms with Gasteiger partial charge in [0.05, 0.1) is 10.8 Å². The van der Waals surface area contributed by atoms with E-state index in [1.807, 2.05) is 38.1 Å². The molecule has 0 saturated heterocycles. The monoisotopic (exact) mass is 358 g/mol. The highest BCUT2D eigenvalue weighted by Gasteiger charge is 2.29. The molecule has 0 aromatic heterocycles. The number of carbonyl (C=O) groups excluding carboxylic acids is 1. The van der Waals surface area contributed by atoms with Gasteiger partial charge in [0.1, 0.15) is 0 Å². The van der Waals surface area contributed by atoms with Gasteiger partial charge in [-0.15, -0.1) is 0 Å². The zero-order chi connectivity index (χ0) is 18.2. The Morgan fingerprint density at radius 2 is 1.84 bits per heavy atom. The Morgan fingerprint density at radius 1 is 1.16 bits per heavy atom. The molecule has 0 aliphatic carbocycles. The summed E-state index contributed by atoms with van der Waals surface area (Å²) in [5.74, 6) is -0.451. The van der Waals surface area contributed by atoms with Crippen LogP contribution >= 0.6 is 0 Å². The van der Waals surface area contributed by atoms with Gasteiger partial charge in [0.15, 0.2) is 0 Å². The number of sulfonamides is 1. The van der Waals surface area contributed by atoms with Gasteiger partial charge >= 0.3 is 0 Å². The number of hydrogen-bond acceptors (Lipinski definition) is 3. The molecule has 0 fully saturated rings. The van der Waals surface area contributed by atoms with Gasteiger partial charge < -0.3 is 5.32 Å². The van der Waals surface area contributed by atoms with Crippen molar-refractivity contribution in [3.8, 4) is 0 Å². The molecule has 25 heavy (non-hydrogen) atoms. The van der Waals surface area contributed by atoms with Crippen LogP contribution in [0, 0.1) is 6.92 Å². The molecule has 132 valence electrons. The predicted octanol–water partition coefficient (Wildman–Crippen LogP) is 3.48. The lowest BCUT2D eigenvalue weighted by molar-refractivity contribution is -0.116. The van der Waals surface area contributed by atoms with Crippen LogP contribution in [0.3, 0.4) is 0 Å². The number of nitrogens with one attached hydrogen (secondary N) is 2. The molecule has 0 unspecified atom stereocenters. The Labute approximate surface area is 148 Å². The number of fused-ring (bicyclic) bond motifs is 1. The lowest BCUT2D eigenvalue weighted by Gasteiger charge is -2.18. The molecule has 0 radical (unpaired) electrons. The third kappa shape index (κ3) is 3.45. The van der Waals surface area contributed by atoms with Crippen molar-refractivity contribution >= 4 is 21.6 Å². The van der Waals surface area contributed by atoms with Crippen molar-refractivity contribution in [3.63, 3.8) is 0 Å². The third-order valence-electron chi connectivity index (χ3n) is 4.64. The summed E-state index contributed by atoms with van der Waals surface area (Å²) in [6.07, 6.45) is 0.643. The fourth-order valence-electron chi connectivity index (χ4n) is 3.00. The molecular formula is C19H22N2O3S. The summed E-state index contributed by atoms with van der Waals surface area (Å²) in [7, 11) is -3.68. The van der Waals surface area contributed by atoms with Gasteiger partial charge in [0.25, 0.3) is 0 Å². The second-order valence-electron chi connectivity index (χ2n) is 6.45. The van der Waals surface area contributed by atoms with Crippen LogP contribution in [0.5, 0.6) is 0 Å². The summed E-state index contributed by atoms with van der Waals surface area (Å²) in [4.78, 5) is 11.9. The number of carbonyl (C=O) groups is 1. The summed E-state index contributed by atoms with van der Waals surface area (Å²) in [6.45, 7) is 5.71. The van der Waals surface area contributed by atoms with E-state index in [9.17, 15) is 13.2 Å². The van der Waals surface area contributed by atoms with Crippen molar-refractivity contribution < 1.29 is 13.2 Å². The Morgan fingerprint density at radius 3 is 2.48 bits per heavy atom. The summed E-state index contributed by atoms with van der Waals surface area (Å²) in [6, 6.07) is 12.3. The van der Waals surface area contributed by atoms with Crippen molar-refractivity contribution in [2.75, 3.05) is 5.32 Å². The summed E-state index contributed by atoms with van der Waals surface area (Å²) >= 11 is 0. The fourth-order valence-corrected chi connectivity index (χ4v) is 4.35. The quantitative estimate of drug-likeness (QED) is 0.859. The number of rotatable bonds is 5. The molecule has 1 aliphatic rings. The molecule has 1 heterocycles. The van der Waals surface area contributed by atoms with Crippen molar-refractivity contribution in [1.82, 2.24) is 4.72 Å². The van der Waals surface area contributed by atoms with E-state index in [0.717, 1.165) is 16.7 Å². The first-order valence-corrected chi connectivity index (χ1v) is 9.84. The first kappa shape index (κ1) is 17.6. The maximum absolute atomic E-state index is 12.8. The molecule has 1 amide bonds. The molecule has 0 spiro atoms. The van der Waals surface area contributed by atoms with Gasteiger partial charge in [-0.3, -0.25) is 4.79 Å². The van der Waals surface area contributed by atoms with Crippen LogP contribution in [0.25, 0.3) is 0 Å². The van der Waals surface area contributed by atoms with Gasteiger partial charge in [0.2, 0.25) is 15.9 Å². The lowest BCUT2D eigenvalue weighted by atomic mass is 10.0. The first-order valence-electron chi connectivity index (χ1n) is 8.35. The highest BCUT2D eigenvalue weighted by atomic mass is 32.2. The van der Waals surface area contributed by atoms with Crippen LogP contribution in [-0.4, -0.2) is 14.3 Å². The number of benzene rings is 2. The molecule has 1 aliphatic heterocycles. The minimum absolute atomic E-state index is 0.108. The minimum Gasteiger partial charge on any atom is -0.325 e. The number of hydrogen-bond donors (Lipinski definition) is 2. The molecule has 2 atom stereocenters. The predicted molar refractivity (Wildman–Crippen MR) is 98.0 cm³/mol. The van der Waals surface area contributed by atoms with Crippen LogP contribution in [0.4, 0.5) is 5.69 Å². The topological polar surface area (TPSA) is 75.3 Å². The van der Waals surface area contributed by atoms with E-state index < -0.39 is 10.0 Å². The average molecular weight is 358 g/mol. The van der Waals surface area contributed by atoms with Crippen molar-refractivity contribution in [2.45, 2.75) is 44.0 Å². The van der Waals surface area contributed by atoms with Crippen LogP contribution in [0.15, 0.2) is 47.4 Å². The normalized spacial score (nSPS) is 17.9. The van der Waals surface area contributed by atoms with Gasteiger partial charge in [0, 0.05) is 11.7 Å². The van der Waals surface area contributed by atoms with Crippen molar-refractivity contribution in [3.05, 3.63) is 59.2 Å². The van der Waals surface area contributed by atoms with E-state index in [4.69, 9.17) is 0 Å². The second kappa shape index (κ2) is 6.61. The Kier molecular flexibility index (Phi) is 4.67. The van der Waals surface area contributed by atoms with Gasteiger partial charge in [-0.25, -0.2) is 13.1 Å². The molecule has 2 aromatic rings. The summed E-state index contributed by atoms with van der Waals surface area (Å²) in [5, 5.41) is 2.75. The van der Waals surface area contributed by atoms with E-state index in [1.165, 1.54) is 6.07 Å². The van der Waals surface area contributed by atoms with Crippen molar-refractivity contribution in [1.29, 1.82) is 0 Å². The highest BCUT2D eigenvalue weighted by molar-refractivity contribution is 7.89. The second-order valence-corrected chi connectivity index (χ2v) is 8.17. The lowest BCUT2D eigenvalue weighted by Crippen LogP contribution is -2.28. The summed E-state index contributed by atoms with van der Waals surface area (Å²) < 4.78 is 28.4. The van der Waals surface area contributed by atoms with Crippen LogP contribution in [0.1, 0.15) is 48.9 Å². The SMILES string of the molecule is CC[C@@H](NS(=O)(=O)c1ccc2c(c1)[C@@H](C)C(=O)N2)c1ccc(C)cc1. The Balaban J connectivity index is 1.89. The van der Waals surface area contributed by atoms with E-state index in [-0.39, 0.29) is 22.8 Å². The zero-order valence-corrected chi connectivity index (χ0v) is 15.4. The largest absolute Gasteiger partial charge is 0.325 e. The molecular weight excluding hydrogens is 336 g/mol. The van der Waals surface area contributed by atoms with E-state index in [2.05, 4.69) is 10.0 Å². The molecule has 6 heteroatoms. The van der Waals surface area contributed by atoms with Gasteiger partial charge in [-0.1, -0.05) is 36.8 Å². The van der Waals surface area contributed by atoms with E-state index in [0.29, 0.717) is 12.1 Å². The average Bonchev–Trinajstić information content (AvgIpc) is 2.87. The standard InChI is InChI=1S/C19H22N2O3S/c1-4-17(14-7-5-12(2)6-8-14)21-25(23,24)15-9-10-18-16(11-15)13(3)19(22)20-18/h5-11,13,17,21H,4H2,1-3H3,(H,20,22)/t13-,17-/m1/s1. The van der Waals surface area contributed by atoms with E-state index >= 15 is 0 Å². The first-order chi connectivity index (χ1) is 11.8. The van der Waals surface area contributed by atoms with Gasteiger partial charge in [-0.05, 0) is 49.6 Å². The molecule has 5 nitrogen and oxygen atoms in total. The van der Waals surface area contributed by atoms with Crippen LogP contribution < -0.4 is 10.0 Å². The maximum Gasteiger partial charge on any atom is 0.241 e. The Bertz CT molecular complexity index is 905. The Hall–Kier alpha value is -2.18.